The van der Waals surface area contributed by atoms with Crippen LogP contribution in [0.15, 0.2) is 0 Å². The van der Waals surface area contributed by atoms with Crippen molar-refractivity contribution in [2.45, 2.75) is 51.0 Å². The topological polar surface area (TPSA) is 44.4 Å². The lowest BCUT2D eigenvalue weighted by Gasteiger charge is -2.22. The molecule has 2 rings (SSSR count). The predicted octanol–water partition coefficient (Wildman–Crippen LogP) is 1.12. The lowest BCUT2D eigenvalue weighted by atomic mass is 10.1. The van der Waals surface area contributed by atoms with Gasteiger partial charge in [-0.15, -0.1) is 0 Å². The van der Waals surface area contributed by atoms with Crippen LogP contribution in [-0.4, -0.2) is 49.6 Å². The van der Waals surface area contributed by atoms with E-state index in [2.05, 4.69) is 15.5 Å². The third kappa shape index (κ3) is 4.94. The van der Waals surface area contributed by atoms with Gasteiger partial charge in [-0.2, -0.15) is 0 Å². The van der Waals surface area contributed by atoms with Gasteiger partial charge in [0.2, 0.25) is 5.91 Å². The minimum Gasteiger partial charge on any atom is -0.356 e. The Kier molecular flexibility index (Phi) is 5.94. The Morgan fingerprint density at radius 3 is 2.72 bits per heavy atom. The summed E-state index contributed by atoms with van der Waals surface area (Å²) >= 11 is 0. The van der Waals surface area contributed by atoms with E-state index in [-0.39, 0.29) is 5.91 Å². The molecule has 0 saturated carbocycles. The molecule has 1 atom stereocenters. The second-order valence-corrected chi connectivity index (χ2v) is 5.60. The van der Waals surface area contributed by atoms with Crippen LogP contribution in [0.4, 0.5) is 0 Å². The third-order valence-corrected chi connectivity index (χ3v) is 4.04. The van der Waals surface area contributed by atoms with E-state index < -0.39 is 0 Å². The van der Waals surface area contributed by atoms with E-state index >= 15 is 0 Å². The van der Waals surface area contributed by atoms with Gasteiger partial charge in [-0.1, -0.05) is 12.8 Å². The third-order valence-electron chi connectivity index (χ3n) is 4.04. The van der Waals surface area contributed by atoms with Crippen LogP contribution in [0.2, 0.25) is 0 Å². The highest BCUT2D eigenvalue weighted by Gasteiger charge is 2.17. The molecular formula is C14H27N3O. The molecule has 2 aliphatic heterocycles. The van der Waals surface area contributed by atoms with E-state index in [1.807, 2.05) is 0 Å². The normalized spacial score (nSPS) is 27.3. The number of carbonyl (C=O) groups excluding carboxylic acids is 1. The van der Waals surface area contributed by atoms with Crippen LogP contribution in [0.3, 0.4) is 0 Å². The van der Waals surface area contributed by atoms with Gasteiger partial charge in [0, 0.05) is 32.1 Å². The van der Waals surface area contributed by atoms with E-state index in [9.17, 15) is 4.79 Å². The largest absolute Gasteiger partial charge is 0.356 e. The summed E-state index contributed by atoms with van der Waals surface area (Å²) in [6, 6.07) is 0.388. The van der Waals surface area contributed by atoms with E-state index in [4.69, 9.17) is 0 Å². The number of hydrogen-bond donors (Lipinski definition) is 2. The minimum absolute atomic E-state index is 0.208. The summed E-state index contributed by atoms with van der Waals surface area (Å²) in [5, 5.41) is 6.49. The van der Waals surface area contributed by atoms with Gasteiger partial charge in [-0.25, -0.2) is 0 Å². The highest BCUT2D eigenvalue weighted by molar-refractivity contribution is 5.76. The van der Waals surface area contributed by atoms with E-state index in [1.165, 1.54) is 38.8 Å². The summed E-state index contributed by atoms with van der Waals surface area (Å²) in [5.41, 5.74) is 0. The molecule has 2 fully saturated rings. The first-order chi connectivity index (χ1) is 8.84. The van der Waals surface area contributed by atoms with Crippen molar-refractivity contribution in [2.24, 2.45) is 0 Å². The number of nitrogens with zero attached hydrogens (tertiary/aromatic N) is 1. The molecule has 2 aliphatic rings. The summed E-state index contributed by atoms with van der Waals surface area (Å²) < 4.78 is 0. The molecule has 4 nitrogen and oxygen atoms in total. The molecule has 0 radical (unpaired) electrons. The zero-order valence-corrected chi connectivity index (χ0v) is 11.4. The summed E-state index contributed by atoms with van der Waals surface area (Å²) in [6.45, 7) is 5.53. The monoisotopic (exact) mass is 253 g/mol. The van der Waals surface area contributed by atoms with E-state index in [0.717, 1.165) is 32.5 Å². The molecule has 0 bridgehead atoms. The molecule has 18 heavy (non-hydrogen) atoms. The second-order valence-electron chi connectivity index (χ2n) is 5.60. The Labute approximate surface area is 110 Å². The quantitative estimate of drug-likeness (QED) is 0.789. The molecule has 0 aromatic heterocycles. The van der Waals surface area contributed by atoms with Crippen LogP contribution in [-0.2, 0) is 4.79 Å². The predicted molar refractivity (Wildman–Crippen MR) is 73.6 cm³/mol. The second kappa shape index (κ2) is 7.74. The van der Waals surface area contributed by atoms with Crippen LogP contribution in [0.25, 0.3) is 0 Å². The van der Waals surface area contributed by atoms with Crippen LogP contribution in [0, 0.1) is 0 Å². The van der Waals surface area contributed by atoms with Crippen molar-refractivity contribution >= 4 is 5.91 Å². The van der Waals surface area contributed by atoms with Gasteiger partial charge in [-0.05, 0) is 38.8 Å². The maximum atomic E-state index is 11.4. The molecule has 2 heterocycles. The van der Waals surface area contributed by atoms with Gasteiger partial charge >= 0.3 is 0 Å². The van der Waals surface area contributed by atoms with Crippen LogP contribution in [0.5, 0.6) is 0 Å². The lowest BCUT2D eigenvalue weighted by Crippen LogP contribution is -2.38. The van der Waals surface area contributed by atoms with Crippen molar-refractivity contribution in [2.75, 3.05) is 32.7 Å². The fraction of sp³-hybridized carbons (Fsp3) is 0.929. The molecule has 0 aromatic rings. The number of hydrogen-bond acceptors (Lipinski definition) is 3. The highest BCUT2D eigenvalue weighted by Crippen LogP contribution is 2.09. The minimum atomic E-state index is 0.208. The zero-order valence-electron chi connectivity index (χ0n) is 11.4. The van der Waals surface area contributed by atoms with Gasteiger partial charge in [0.25, 0.3) is 0 Å². The number of nitrogens with one attached hydrogen (secondary N) is 2. The van der Waals surface area contributed by atoms with Crippen molar-refractivity contribution in [1.29, 1.82) is 0 Å². The van der Waals surface area contributed by atoms with Gasteiger partial charge in [0.15, 0.2) is 0 Å². The first kappa shape index (κ1) is 13.8. The average Bonchev–Trinajstić information content (AvgIpc) is 2.72. The Hall–Kier alpha value is -0.610. The SMILES string of the molecule is O=C1CC(NCCN2CCCCCC2)CCCN1. The van der Waals surface area contributed by atoms with Crippen molar-refractivity contribution < 1.29 is 4.79 Å². The van der Waals surface area contributed by atoms with Crippen LogP contribution >= 0.6 is 0 Å². The fourth-order valence-corrected chi connectivity index (χ4v) is 2.94. The fourth-order valence-electron chi connectivity index (χ4n) is 2.94. The summed E-state index contributed by atoms with van der Waals surface area (Å²) in [7, 11) is 0. The first-order valence-electron chi connectivity index (χ1n) is 7.57. The average molecular weight is 253 g/mol. The zero-order chi connectivity index (χ0) is 12.6. The van der Waals surface area contributed by atoms with E-state index in [0.29, 0.717) is 12.5 Å². The molecule has 104 valence electrons. The Morgan fingerprint density at radius 1 is 1.17 bits per heavy atom. The van der Waals surface area contributed by atoms with Gasteiger partial charge < -0.3 is 15.5 Å². The maximum absolute atomic E-state index is 11.4. The molecule has 2 N–H and O–H groups in total. The Bertz CT molecular complexity index is 249. The highest BCUT2D eigenvalue weighted by atomic mass is 16.1. The molecule has 0 spiro atoms. The van der Waals surface area contributed by atoms with Crippen LogP contribution in [0.1, 0.15) is 44.9 Å². The van der Waals surface area contributed by atoms with Crippen molar-refractivity contribution in [3.8, 4) is 0 Å². The number of rotatable bonds is 4. The molecule has 4 heteroatoms. The molecule has 1 amide bonds. The first-order valence-corrected chi connectivity index (χ1v) is 7.57. The van der Waals surface area contributed by atoms with Crippen molar-refractivity contribution in [1.82, 2.24) is 15.5 Å². The molecule has 2 saturated heterocycles. The van der Waals surface area contributed by atoms with Crippen molar-refractivity contribution in [3.05, 3.63) is 0 Å². The molecule has 1 unspecified atom stereocenters. The molecule has 0 aromatic carbocycles. The molecular weight excluding hydrogens is 226 g/mol. The van der Waals surface area contributed by atoms with Gasteiger partial charge in [0.1, 0.15) is 0 Å². The Morgan fingerprint density at radius 2 is 1.94 bits per heavy atom. The smallest absolute Gasteiger partial charge is 0.221 e. The number of carbonyl (C=O) groups is 1. The summed E-state index contributed by atoms with van der Waals surface area (Å²) in [4.78, 5) is 14.0. The van der Waals surface area contributed by atoms with Crippen molar-refractivity contribution in [3.63, 3.8) is 0 Å². The van der Waals surface area contributed by atoms with Crippen LogP contribution < -0.4 is 10.6 Å². The summed E-state index contributed by atoms with van der Waals surface area (Å²) in [6.07, 6.45) is 8.38. The molecule has 0 aliphatic carbocycles. The van der Waals surface area contributed by atoms with Gasteiger partial charge in [0.05, 0.1) is 0 Å². The summed E-state index contributed by atoms with van der Waals surface area (Å²) in [5.74, 6) is 0.208. The number of amides is 1. The maximum Gasteiger partial charge on any atom is 0.221 e. The Balaban J connectivity index is 1.62. The lowest BCUT2D eigenvalue weighted by molar-refractivity contribution is -0.121. The van der Waals surface area contributed by atoms with E-state index in [1.54, 1.807) is 0 Å². The van der Waals surface area contributed by atoms with Gasteiger partial charge in [-0.3, -0.25) is 4.79 Å². The standard InChI is InChI=1S/C14H27N3O/c18-14-12-13(6-5-7-16-14)15-8-11-17-9-3-1-2-4-10-17/h13,15H,1-12H2,(H,16,18). The number of likely N-dealkylation sites (tertiary alicyclic amines) is 1.